The fraction of sp³-hybridized carbons (Fsp3) is 0.174. The highest BCUT2D eigenvalue weighted by Gasteiger charge is 2.27. The van der Waals surface area contributed by atoms with Gasteiger partial charge in [0.05, 0.1) is 10.5 Å². The van der Waals surface area contributed by atoms with Gasteiger partial charge in [-0.25, -0.2) is 8.42 Å². The van der Waals surface area contributed by atoms with Crippen LogP contribution in [-0.2, 0) is 10.0 Å². The minimum atomic E-state index is -3.55. The maximum Gasteiger partial charge on any atom is 0.259 e. The van der Waals surface area contributed by atoms with E-state index in [1.54, 1.807) is 54.6 Å². The molecule has 0 radical (unpaired) electrons. The molecule has 0 unspecified atom stereocenters. The Labute approximate surface area is 176 Å². The molecule has 1 N–H and O–H groups in total. The lowest BCUT2D eigenvalue weighted by atomic mass is 10.2. The first-order valence-corrected chi connectivity index (χ1v) is 11.2. The predicted molar refractivity (Wildman–Crippen MR) is 115 cm³/mol. The number of carbonyl (C=O) groups excluding carboxylic acids is 1. The normalized spacial score (nSPS) is 14.4. The summed E-state index contributed by atoms with van der Waals surface area (Å²) in [5.74, 6) is 0.663. The minimum Gasteiger partial charge on any atom is -0.457 e. The molecule has 6 nitrogen and oxygen atoms in total. The second-order valence-electron chi connectivity index (χ2n) is 7.00. The molecule has 4 rings (SSSR count). The molecular weight excluding hydrogens is 400 g/mol. The summed E-state index contributed by atoms with van der Waals surface area (Å²) in [5, 5.41) is 2.79. The van der Waals surface area contributed by atoms with Gasteiger partial charge in [0.15, 0.2) is 0 Å². The van der Waals surface area contributed by atoms with E-state index in [0.717, 1.165) is 12.8 Å². The van der Waals surface area contributed by atoms with E-state index in [1.165, 1.54) is 10.4 Å². The lowest BCUT2D eigenvalue weighted by Crippen LogP contribution is -2.27. The molecule has 1 aliphatic rings. The summed E-state index contributed by atoms with van der Waals surface area (Å²) in [5.41, 5.74) is 0.768. The molecule has 0 saturated carbocycles. The third-order valence-corrected chi connectivity index (χ3v) is 6.79. The van der Waals surface area contributed by atoms with E-state index in [9.17, 15) is 13.2 Å². The van der Waals surface area contributed by atoms with E-state index in [4.69, 9.17) is 4.74 Å². The van der Waals surface area contributed by atoms with Gasteiger partial charge in [-0.2, -0.15) is 4.31 Å². The van der Waals surface area contributed by atoms with E-state index in [2.05, 4.69) is 5.32 Å². The van der Waals surface area contributed by atoms with Crippen molar-refractivity contribution in [3.05, 3.63) is 84.4 Å². The summed E-state index contributed by atoms with van der Waals surface area (Å²) in [6, 6.07) is 22.5. The number of ether oxygens (including phenoxy) is 1. The third-order valence-electron chi connectivity index (χ3n) is 4.90. The van der Waals surface area contributed by atoms with Crippen LogP contribution >= 0.6 is 0 Å². The Morgan fingerprint density at radius 1 is 0.867 bits per heavy atom. The SMILES string of the molecule is O=C(Nc1cccc(S(=O)(=O)N2CCCC2)c1)c1ccccc1Oc1ccccc1. The number of benzene rings is 3. The fourth-order valence-corrected chi connectivity index (χ4v) is 4.93. The van der Waals surface area contributed by atoms with E-state index < -0.39 is 10.0 Å². The largest absolute Gasteiger partial charge is 0.457 e. The first-order valence-electron chi connectivity index (χ1n) is 9.77. The molecule has 0 spiro atoms. The van der Waals surface area contributed by atoms with Crippen LogP contribution in [0, 0.1) is 0 Å². The van der Waals surface area contributed by atoms with E-state index in [-0.39, 0.29) is 10.8 Å². The maximum absolute atomic E-state index is 12.9. The molecule has 3 aromatic rings. The predicted octanol–water partition coefficient (Wildman–Crippen LogP) is 4.52. The Balaban J connectivity index is 1.55. The number of para-hydroxylation sites is 2. The number of rotatable bonds is 6. The number of sulfonamides is 1. The Morgan fingerprint density at radius 2 is 1.57 bits per heavy atom. The lowest BCUT2D eigenvalue weighted by molar-refractivity contribution is 0.102. The number of nitrogens with one attached hydrogen (secondary N) is 1. The van der Waals surface area contributed by atoms with Gasteiger partial charge in [0.25, 0.3) is 5.91 Å². The van der Waals surface area contributed by atoms with Gasteiger partial charge in [0.2, 0.25) is 10.0 Å². The molecule has 1 fully saturated rings. The van der Waals surface area contributed by atoms with Crippen LogP contribution in [-0.4, -0.2) is 31.7 Å². The highest BCUT2D eigenvalue weighted by Crippen LogP contribution is 2.27. The Kier molecular flexibility index (Phi) is 5.83. The molecule has 1 amide bonds. The number of amides is 1. The van der Waals surface area contributed by atoms with Crippen molar-refractivity contribution >= 4 is 21.6 Å². The zero-order valence-corrected chi connectivity index (χ0v) is 17.1. The van der Waals surface area contributed by atoms with Gasteiger partial charge in [-0.1, -0.05) is 36.4 Å². The number of anilines is 1. The molecule has 0 atom stereocenters. The zero-order valence-electron chi connectivity index (χ0n) is 16.3. The second kappa shape index (κ2) is 8.69. The molecule has 7 heteroatoms. The van der Waals surface area contributed by atoms with Crippen LogP contribution in [0.2, 0.25) is 0 Å². The maximum atomic E-state index is 12.9. The number of hydrogen-bond acceptors (Lipinski definition) is 4. The summed E-state index contributed by atoms with van der Waals surface area (Å²) in [6.45, 7) is 1.06. The summed E-state index contributed by atoms with van der Waals surface area (Å²) < 4.78 is 32.9. The lowest BCUT2D eigenvalue weighted by Gasteiger charge is -2.16. The van der Waals surface area contributed by atoms with Gasteiger partial charge in [-0.15, -0.1) is 0 Å². The van der Waals surface area contributed by atoms with Crippen LogP contribution in [0.25, 0.3) is 0 Å². The van der Waals surface area contributed by atoms with Crippen LogP contribution < -0.4 is 10.1 Å². The minimum absolute atomic E-state index is 0.177. The summed E-state index contributed by atoms with van der Waals surface area (Å²) in [6.07, 6.45) is 1.74. The van der Waals surface area contributed by atoms with Gasteiger partial charge in [0, 0.05) is 18.8 Å². The molecule has 0 bridgehead atoms. The van der Waals surface area contributed by atoms with Crippen molar-refractivity contribution in [1.82, 2.24) is 4.31 Å². The highest BCUT2D eigenvalue weighted by atomic mass is 32.2. The number of hydrogen-bond donors (Lipinski definition) is 1. The Morgan fingerprint density at radius 3 is 2.33 bits per heavy atom. The smallest absolute Gasteiger partial charge is 0.259 e. The Bertz CT molecular complexity index is 1140. The number of carbonyl (C=O) groups is 1. The van der Waals surface area contributed by atoms with Crippen molar-refractivity contribution < 1.29 is 17.9 Å². The summed E-state index contributed by atoms with van der Waals surface area (Å²) in [7, 11) is -3.55. The molecule has 1 saturated heterocycles. The summed E-state index contributed by atoms with van der Waals surface area (Å²) >= 11 is 0. The van der Waals surface area contributed by atoms with Crippen LogP contribution in [0.4, 0.5) is 5.69 Å². The first kappa shape index (κ1) is 20.1. The molecule has 3 aromatic carbocycles. The average Bonchev–Trinajstić information content (AvgIpc) is 3.31. The molecule has 0 aromatic heterocycles. The van der Waals surface area contributed by atoms with Gasteiger partial charge < -0.3 is 10.1 Å². The second-order valence-corrected chi connectivity index (χ2v) is 8.94. The molecule has 1 aliphatic heterocycles. The average molecular weight is 423 g/mol. The fourth-order valence-electron chi connectivity index (χ4n) is 3.37. The highest BCUT2D eigenvalue weighted by molar-refractivity contribution is 7.89. The quantitative estimate of drug-likeness (QED) is 0.634. The van der Waals surface area contributed by atoms with Crippen LogP contribution in [0.5, 0.6) is 11.5 Å². The van der Waals surface area contributed by atoms with Crippen molar-refractivity contribution in [3.63, 3.8) is 0 Å². The van der Waals surface area contributed by atoms with E-state index in [0.29, 0.717) is 35.8 Å². The third kappa shape index (κ3) is 4.37. The van der Waals surface area contributed by atoms with E-state index in [1.807, 2.05) is 18.2 Å². The van der Waals surface area contributed by atoms with Crippen molar-refractivity contribution in [2.75, 3.05) is 18.4 Å². The van der Waals surface area contributed by atoms with Crippen molar-refractivity contribution in [3.8, 4) is 11.5 Å². The zero-order chi connectivity index (χ0) is 21.0. The van der Waals surface area contributed by atoms with Crippen molar-refractivity contribution in [1.29, 1.82) is 0 Å². The van der Waals surface area contributed by atoms with Gasteiger partial charge in [-0.3, -0.25) is 4.79 Å². The van der Waals surface area contributed by atoms with Gasteiger partial charge in [0.1, 0.15) is 11.5 Å². The molecule has 30 heavy (non-hydrogen) atoms. The van der Waals surface area contributed by atoms with E-state index >= 15 is 0 Å². The Hall–Kier alpha value is -3.16. The number of nitrogens with zero attached hydrogens (tertiary/aromatic N) is 1. The standard InChI is InChI=1S/C23H22N2O4S/c26-23(21-13-4-5-14-22(21)29-19-10-2-1-3-11-19)24-18-9-8-12-20(17-18)30(27,28)25-15-6-7-16-25/h1-5,8-14,17H,6-7,15-16H2,(H,24,26). The molecular formula is C23H22N2O4S. The van der Waals surface area contributed by atoms with Crippen molar-refractivity contribution in [2.24, 2.45) is 0 Å². The van der Waals surface area contributed by atoms with Crippen LogP contribution in [0.1, 0.15) is 23.2 Å². The molecule has 154 valence electrons. The first-order chi connectivity index (χ1) is 14.5. The molecule has 0 aliphatic carbocycles. The monoisotopic (exact) mass is 422 g/mol. The topological polar surface area (TPSA) is 75.7 Å². The van der Waals surface area contributed by atoms with Crippen LogP contribution in [0.15, 0.2) is 83.8 Å². The van der Waals surface area contributed by atoms with Crippen LogP contribution in [0.3, 0.4) is 0 Å². The van der Waals surface area contributed by atoms with Gasteiger partial charge in [-0.05, 0) is 55.3 Å². The molecule has 1 heterocycles. The van der Waals surface area contributed by atoms with Crippen molar-refractivity contribution in [2.45, 2.75) is 17.7 Å². The summed E-state index contributed by atoms with van der Waals surface area (Å²) in [4.78, 5) is 13.1. The van der Waals surface area contributed by atoms with Gasteiger partial charge >= 0.3 is 0 Å².